The van der Waals surface area contributed by atoms with E-state index in [4.69, 9.17) is 4.74 Å². The van der Waals surface area contributed by atoms with E-state index in [1.165, 1.54) is 31.3 Å². The summed E-state index contributed by atoms with van der Waals surface area (Å²) in [7, 11) is 1.68. The number of benzene rings is 1. The second-order valence-corrected chi connectivity index (χ2v) is 6.94. The third-order valence-electron chi connectivity index (χ3n) is 4.44. The van der Waals surface area contributed by atoms with Crippen LogP contribution < -0.4 is 4.74 Å². The van der Waals surface area contributed by atoms with Gasteiger partial charge in [-0.1, -0.05) is 38.2 Å². The molecular formula is C20H26O. The standard InChI is InChI=1S/C20H26O/c1-20(2,3)18-12-8-16(9-13-18)6-5-7-17-10-14-19(21-4)15-11-17/h6,10-11,14-15,18H,8-9,12-13H2,1-4H3. The predicted octanol–water partition coefficient (Wildman–Crippen LogP) is 5.21. The van der Waals surface area contributed by atoms with Crippen LogP contribution in [0.2, 0.25) is 0 Å². The molecule has 0 heterocycles. The fraction of sp³-hybridized carbons (Fsp3) is 0.500. The second-order valence-electron chi connectivity index (χ2n) is 6.94. The van der Waals surface area contributed by atoms with Crippen molar-refractivity contribution in [2.24, 2.45) is 11.3 Å². The molecule has 0 amide bonds. The molecule has 0 unspecified atom stereocenters. The lowest BCUT2D eigenvalue weighted by Gasteiger charge is -2.34. The first-order valence-corrected chi connectivity index (χ1v) is 7.82. The maximum atomic E-state index is 5.15. The number of hydrogen-bond acceptors (Lipinski definition) is 1. The van der Waals surface area contributed by atoms with E-state index in [9.17, 15) is 0 Å². The molecule has 112 valence electrons. The Labute approximate surface area is 129 Å². The lowest BCUT2D eigenvalue weighted by Crippen LogP contribution is -2.23. The van der Waals surface area contributed by atoms with Crippen LogP contribution in [0.15, 0.2) is 35.9 Å². The van der Waals surface area contributed by atoms with Crippen LogP contribution in [0.4, 0.5) is 0 Å². The molecule has 0 spiro atoms. The van der Waals surface area contributed by atoms with E-state index in [1.807, 2.05) is 24.3 Å². The molecule has 1 saturated carbocycles. The Bertz CT molecular complexity index is 536. The van der Waals surface area contributed by atoms with Crippen molar-refractivity contribution in [2.45, 2.75) is 46.5 Å². The first-order chi connectivity index (χ1) is 9.99. The van der Waals surface area contributed by atoms with Crippen molar-refractivity contribution in [3.63, 3.8) is 0 Å². The van der Waals surface area contributed by atoms with Gasteiger partial charge in [-0.3, -0.25) is 0 Å². The Kier molecular flexibility index (Phi) is 5.12. The Morgan fingerprint density at radius 2 is 1.71 bits per heavy atom. The summed E-state index contributed by atoms with van der Waals surface area (Å²) in [6.45, 7) is 7.07. The molecule has 1 aromatic rings. The quantitative estimate of drug-likeness (QED) is 0.642. The maximum Gasteiger partial charge on any atom is 0.118 e. The normalized spacial score (nSPS) is 18.7. The smallest absolute Gasteiger partial charge is 0.118 e. The Hall–Kier alpha value is -1.68. The zero-order valence-electron chi connectivity index (χ0n) is 13.7. The van der Waals surface area contributed by atoms with Gasteiger partial charge in [0.1, 0.15) is 5.75 Å². The molecule has 0 aliphatic heterocycles. The summed E-state index contributed by atoms with van der Waals surface area (Å²) >= 11 is 0. The van der Waals surface area contributed by atoms with Gasteiger partial charge in [-0.15, -0.1) is 0 Å². The van der Waals surface area contributed by atoms with Gasteiger partial charge in [0.2, 0.25) is 0 Å². The van der Waals surface area contributed by atoms with E-state index in [1.54, 1.807) is 7.11 Å². The van der Waals surface area contributed by atoms with Crippen LogP contribution in [0, 0.1) is 23.2 Å². The maximum absolute atomic E-state index is 5.15. The lowest BCUT2D eigenvalue weighted by atomic mass is 9.71. The summed E-state index contributed by atoms with van der Waals surface area (Å²) in [6.07, 6.45) is 7.15. The molecule has 1 fully saturated rings. The molecular weight excluding hydrogens is 256 g/mol. The van der Waals surface area contributed by atoms with Crippen molar-refractivity contribution in [1.29, 1.82) is 0 Å². The topological polar surface area (TPSA) is 9.23 Å². The number of rotatable bonds is 1. The summed E-state index contributed by atoms with van der Waals surface area (Å²) in [5, 5.41) is 0. The van der Waals surface area contributed by atoms with Crippen LogP contribution in [-0.4, -0.2) is 7.11 Å². The highest BCUT2D eigenvalue weighted by molar-refractivity contribution is 5.40. The minimum atomic E-state index is 0.445. The molecule has 0 aromatic heterocycles. The van der Waals surface area contributed by atoms with Crippen LogP contribution in [-0.2, 0) is 0 Å². The highest BCUT2D eigenvalue weighted by Crippen LogP contribution is 2.39. The van der Waals surface area contributed by atoms with Crippen LogP contribution in [0.5, 0.6) is 5.75 Å². The fourth-order valence-corrected chi connectivity index (χ4v) is 2.89. The molecule has 1 heteroatoms. The Morgan fingerprint density at radius 1 is 1.10 bits per heavy atom. The lowest BCUT2D eigenvalue weighted by molar-refractivity contribution is 0.197. The third-order valence-corrected chi connectivity index (χ3v) is 4.44. The van der Waals surface area contributed by atoms with Gasteiger partial charge in [0.15, 0.2) is 0 Å². The molecule has 1 aliphatic rings. The molecule has 0 saturated heterocycles. The van der Waals surface area contributed by atoms with Crippen molar-refractivity contribution in [3.05, 3.63) is 41.5 Å². The summed E-state index contributed by atoms with van der Waals surface area (Å²) in [4.78, 5) is 0. The SMILES string of the molecule is COc1ccc(C#CC=C2CCC(C(C)(C)C)CC2)cc1. The molecule has 0 N–H and O–H groups in total. The van der Waals surface area contributed by atoms with Crippen molar-refractivity contribution in [3.8, 4) is 17.6 Å². The minimum absolute atomic E-state index is 0.445. The van der Waals surface area contributed by atoms with Gasteiger partial charge >= 0.3 is 0 Å². The number of allylic oxidation sites excluding steroid dienone is 2. The monoisotopic (exact) mass is 282 g/mol. The van der Waals surface area contributed by atoms with Gasteiger partial charge in [-0.2, -0.15) is 0 Å². The fourth-order valence-electron chi connectivity index (χ4n) is 2.89. The van der Waals surface area contributed by atoms with E-state index < -0.39 is 0 Å². The first-order valence-electron chi connectivity index (χ1n) is 7.82. The van der Waals surface area contributed by atoms with Gasteiger partial charge in [0, 0.05) is 5.56 Å². The van der Waals surface area contributed by atoms with E-state index in [0.717, 1.165) is 17.2 Å². The molecule has 0 bridgehead atoms. The molecule has 21 heavy (non-hydrogen) atoms. The third kappa shape index (κ3) is 4.67. The molecule has 1 nitrogen and oxygen atoms in total. The van der Waals surface area contributed by atoms with Gasteiger partial charge < -0.3 is 4.74 Å². The first kappa shape index (κ1) is 15.7. The van der Waals surface area contributed by atoms with Crippen molar-refractivity contribution in [2.75, 3.05) is 7.11 Å². The van der Waals surface area contributed by atoms with Gasteiger partial charge in [0.05, 0.1) is 7.11 Å². The van der Waals surface area contributed by atoms with Crippen LogP contribution in [0.1, 0.15) is 52.0 Å². The Balaban J connectivity index is 1.92. The van der Waals surface area contributed by atoms with Crippen molar-refractivity contribution >= 4 is 0 Å². The van der Waals surface area contributed by atoms with E-state index >= 15 is 0 Å². The van der Waals surface area contributed by atoms with Crippen LogP contribution in [0.3, 0.4) is 0 Å². The number of ether oxygens (including phenoxy) is 1. The summed E-state index contributed by atoms with van der Waals surface area (Å²) in [6, 6.07) is 7.90. The number of hydrogen-bond donors (Lipinski definition) is 0. The minimum Gasteiger partial charge on any atom is -0.497 e. The average Bonchev–Trinajstić information content (AvgIpc) is 2.47. The molecule has 2 rings (SSSR count). The second kappa shape index (κ2) is 6.85. The summed E-state index contributed by atoms with van der Waals surface area (Å²) in [5.41, 5.74) is 2.99. The van der Waals surface area contributed by atoms with Crippen LogP contribution >= 0.6 is 0 Å². The molecule has 1 aliphatic carbocycles. The zero-order chi connectivity index (χ0) is 15.3. The molecule has 0 atom stereocenters. The highest BCUT2D eigenvalue weighted by Gasteiger charge is 2.27. The summed E-state index contributed by atoms with van der Waals surface area (Å²) < 4.78 is 5.15. The van der Waals surface area contributed by atoms with Crippen LogP contribution in [0.25, 0.3) is 0 Å². The average molecular weight is 282 g/mol. The Morgan fingerprint density at radius 3 is 2.24 bits per heavy atom. The molecule has 0 radical (unpaired) electrons. The molecule has 1 aromatic carbocycles. The van der Waals surface area contributed by atoms with Gasteiger partial charge in [-0.05, 0) is 67.4 Å². The largest absolute Gasteiger partial charge is 0.497 e. The highest BCUT2D eigenvalue weighted by atomic mass is 16.5. The van der Waals surface area contributed by atoms with Crippen molar-refractivity contribution in [1.82, 2.24) is 0 Å². The van der Waals surface area contributed by atoms with Gasteiger partial charge in [0.25, 0.3) is 0 Å². The van der Waals surface area contributed by atoms with E-state index in [0.29, 0.717) is 5.41 Å². The number of methoxy groups -OCH3 is 1. The van der Waals surface area contributed by atoms with E-state index in [-0.39, 0.29) is 0 Å². The zero-order valence-corrected chi connectivity index (χ0v) is 13.7. The predicted molar refractivity (Wildman–Crippen MR) is 89.4 cm³/mol. The van der Waals surface area contributed by atoms with Crippen molar-refractivity contribution < 1.29 is 4.74 Å². The van der Waals surface area contributed by atoms with E-state index in [2.05, 4.69) is 38.7 Å². The van der Waals surface area contributed by atoms with Gasteiger partial charge in [-0.25, -0.2) is 0 Å². The summed E-state index contributed by atoms with van der Waals surface area (Å²) in [5.74, 6) is 8.14.